The van der Waals surface area contributed by atoms with E-state index >= 15 is 0 Å². The first kappa shape index (κ1) is 13.0. The van der Waals surface area contributed by atoms with E-state index < -0.39 is 0 Å². The third-order valence-electron chi connectivity index (χ3n) is 4.21. The van der Waals surface area contributed by atoms with E-state index in [-0.39, 0.29) is 0 Å². The molecule has 0 aromatic heterocycles. The minimum Gasteiger partial charge on any atom is -0.453 e. The fourth-order valence-corrected chi connectivity index (χ4v) is 3.25. The molecular weight excluding hydrogens is 270 g/mol. The molecule has 22 heavy (non-hydrogen) atoms. The molecule has 2 aliphatic heterocycles. The van der Waals surface area contributed by atoms with Gasteiger partial charge in [0.05, 0.1) is 11.4 Å². The van der Waals surface area contributed by atoms with Crippen molar-refractivity contribution in [2.24, 2.45) is 0 Å². The highest BCUT2D eigenvalue weighted by atomic mass is 16.5. The number of ether oxygens (including phenoxy) is 1. The fourth-order valence-electron chi connectivity index (χ4n) is 3.25. The zero-order valence-electron chi connectivity index (χ0n) is 12.5. The van der Waals surface area contributed by atoms with Crippen LogP contribution in [0.5, 0.6) is 11.5 Å². The zero-order chi connectivity index (χ0) is 15.1. The molecule has 2 aromatic rings. The Morgan fingerprint density at radius 2 is 1.91 bits per heavy atom. The maximum Gasteiger partial charge on any atom is 0.151 e. The van der Waals surface area contributed by atoms with Crippen LogP contribution in [0.15, 0.2) is 78.5 Å². The van der Waals surface area contributed by atoms with Crippen LogP contribution in [-0.2, 0) is 6.42 Å². The van der Waals surface area contributed by atoms with Gasteiger partial charge >= 0.3 is 0 Å². The Kier molecular flexibility index (Phi) is 2.90. The number of anilines is 2. The molecule has 108 valence electrons. The van der Waals surface area contributed by atoms with Crippen LogP contribution < -0.4 is 9.64 Å². The molecule has 2 aliphatic rings. The highest BCUT2D eigenvalue weighted by Crippen LogP contribution is 2.53. The average molecular weight is 287 g/mol. The number of para-hydroxylation sites is 3. The quantitative estimate of drug-likeness (QED) is 0.686. The summed E-state index contributed by atoms with van der Waals surface area (Å²) in [7, 11) is 0. The van der Waals surface area contributed by atoms with Gasteiger partial charge in [0.2, 0.25) is 0 Å². The number of rotatable bonds is 1. The lowest BCUT2D eigenvalue weighted by Crippen LogP contribution is -2.27. The van der Waals surface area contributed by atoms with Gasteiger partial charge in [-0.25, -0.2) is 0 Å². The molecule has 0 atom stereocenters. The summed E-state index contributed by atoms with van der Waals surface area (Å²) in [5.74, 6) is 1.81. The number of nitrogens with zero attached hydrogens (tertiary/aromatic N) is 1. The third-order valence-corrected chi connectivity index (χ3v) is 4.21. The summed E-state index contributed by atoms with van der Waals surface area (Å²) in [5.41, 5.74) is 6.00. The van der Waals surface area contributed by atoms with E-state index in [2.05, 4.69) is 48.8 Å². The summed E-state index contributed by atoms with van der Waals surface area (Å²) in [6, 6.07) is 14.4. The molecule has 0 spiro atoms. The van der Waals surface area contributed by atoms with E-state index in [0.717, 1.165) is 29.3 Å². The molecule has 2 nitrogen and oxygen atoms in total. The summed E-state index contributed by atoms with van der Waals surface area (Å²) in [4.78, 5) is 2.30. The van der Waals surface area contributed by atoms with Gasteiger partial charge in [-0.15, -0.1) is 0 Å². The summed E-state index contributed by atoms with van der Waals surface area (Å²) in [6.45, 7) is 5.97. The molecule has 4 rings (SSSR count). The summed E-state index contributed by atoms with van der Waals surface area (Å²) >= 11 is 0. The van der Waals surface area contributed by atoms with Crippen molar-refractivity contribution in [2.45, 2.75) is 13.3 Å². The van der Waals surface area contributed by atoms with E-state index in [0.29, 0.717) is 0 Å². The van der Waals surface area contributed by atoms with Gasteiger partial charge in [0, 0.05) is 12.1 Å². The van der Waals surface area contributed by atoms with E-state index in [1.165, 1.54) is 16.8 Å². The lowest BCUT2D eigenvalue weighted by atomic mass is 9.92. The van der Waals surface area contributed by atoms with Gasteiger partial charge in [0.15, 0.2) is 11.5 Å². The number of hydrogen-bond donors (Lipinski definition) is 0. The van der Waals surface area contributed by atoms with E-state index in [9.17, 15) is 0 Å². The highest BCUT2D eigenvalue weighted by Gasteiger charge is 2.33. The van der Waals surface area contributed by atoms with Gasteiger partial charge < -0.3 is 9.64 Å². The first-order valence-corrected chi connectivity index (χ1v) is 7.50. The van der Waals surface area contributed by atoms with Crippen LogP contribution in [0.4, 0.5) is 11.4 Å². The van der Waals surface area contributed by atoms with Gasteiger partial charge in [-0.1, -0.05) is 43.0 Å². The van der Waals surface area contributed by atoms with Crippen molar-refractivity contribution < 1.29 is 4.74 Å². The number of allylic oxidation sites excluding steroid dienone is 4. The van der Waals surface area contributed by atoms with Crippen LogP contribution in [0.3, 0.4) is 0 Å². The molecule has 0 amide bonds. The summed E-state index contributed by atoms with van der Waals surface area (Å²) < 4.78 is 6.11. The maximum atomic E-state index is 6.11. The first-order chi connectivity index (χ1) is 10.8. The van der Waals surface area contributed by atoms with Crippen molar-refractivity contribution in [1.29, 1.82) is 0 Å². The average Bonchev–Trinajstić information content (AvgIpc) is 2.56. The van der Waals surface area contributed by atoms with Crippen LogP contribution in [-0.4, -0.2) is 0 Å². The molecule has 2 heterocycles. The topological polar surface area (TPSA) is 12.5 Å². The van der Waals surface area contributed by atoms with Gasteiger partial charge in [-0.3, -0.25) is 0 Å². The second-order valence-electron chi connectivity index (χ2n) is 5.45. The molecule has 0 unspecified atom stereocenters. The molecule has 0 saturated heterocycles. The fraction of sp³-hybridized carbons (Fsp3) is 0.100. The van der Waals surface area contributed by atoms with Crippen molar-refractivity contribution in [1.82, 2.24) is 0 Å². The molecule has 2 aromatic carbocycles. The van der Waals surface area contributed by atoms with Crippen molar-refractivity contribution in [3.8, 4) is 11.5 Å². The SMILES string of the molecule is C=C/C=C1\C(=C/C)Cc2cccc3c2N1c1ccccc1O3. The Morgan fingerprint density at radius 3 is 2.73 bits per heavy atom. The monoisotopic (exact) mass is 287 g/mol. The lowest BCUT2D eigenvalue weighted by Gasteiger charge is -2.40. The maximum absolute atomic E-state index is 6.11. The Morgan fingerprint density at radius 1 is 1.09 bits per heavy atom. The van der Waals surface area contributed by atoms with Crippen LogP contribution in [0.25, 0.3) is 0 Å². The molecule has 0 radical (unpaired) electrons. The van der Waals surface area contributed by atoms with Crippen LogP contribution in [0.2, 0.25) is 0 Å². The summed E-state index contributed by atoms with van der Waals surface area (Å²) in [6.07, 6.45) is 7.03. The molecule has 0 aliphatic carbocycles. The van der Waals surface area contributed by atoms with Crippen LogP contribution in [0, 0.1) is 0 Å². The van der Waals surface area contributed by atoms with Gasteiger partial charge in [0.1, 0.15) is 0 Å². The van der Waals surface area contributed by atoms with E-state index in [1.807, 2.05) is 30.3 Å². The standard InChI is InChI=1S/C20H17NO/c1-3-8-16-14(4-2)13-15-9-7-12-19-20(15)21(16)17-10-5-6-11-18(17)22-19/h3-12H,1,13H2,2H3/b14-4-,16-8+. The zero-order valence-corrected chi connectivity index (χ0v) is 12.5. The second-order valence-corrected chi connectivity index (χ2v) is 5.45. The lowest BCUT2D eigenvalue weighted by molar-refractivity contribution is 0.474. The molecule has 0 saturated carbocycles. The molecule has 0 bridgehead atoms. The normalized spacial score (nSPS) is 18.7. The summed E-state index contributed by atoms with van der Waals surface area (Å²) in [5, 5.41) is 0. The minimum atomic E-state index is 0.888. The Bertz CT molecular complexity index is 829. The van der Waals surface area contributed by atoms with Crippen molar-refractivity contribution in [2.75, 3.05) is 4.90 Å². The van der Waals surface area contributed by atoms with Gasteiger partial charge in [0.25, 0.3) is 0 Å². The molecule has 0 fully saturated rings. The molecule has 0 N–H and O–H groups in total. The van der Waals surface area contributed by atoms with Crippen LogP contribution >= 0.6 is 0 Å². The number of benzene rings is 2. The Hall–Kier alpha value is -2.74. The highest BCUT2D eigenvalue weighted by molar-refractivity contribution is 5.87. The second kappa shape index (κ2) is 4.92. The first-order valence-electron chi connectivity index (χ1n) is 7.50. The van der Waals surface area contributed by atoms with Crippen molar-refractivity contribution in [3.05, 3.63) is 84.1 Å². The Labute approximate surface area is 130 Å². The van der Waals surface area contributed by atoms with Crippen molar-refractivity contribution >= 4 is 11.4 Å². The predicted octanol–water partition coefficient (Wildman–Crippen LogP) is 5.50. The van der Waals surface area contributed by atoms with Gasteiger partial charge in [-0.05, 0) is 42.3 Å². The predicted molar refractivity (Wildman–Crippen MR) is 90.8 cm³/mol. The Balaban J connectivity index is 2.06. The number of fused-ring (bicyclic) bond motifs is 2. The van der Waals surface area contributed by atoms with E-state index in [1.54, 1.807) is 0 Å². The van der Waals surface area contributed by atoms with Gasteiger partial charge in [-0.2, -0.15) is 0 Å². The van der Waals surface area contributed by atoms with Crippen LogP contribution in [0.1, 0.15) is 12.5 Å². The third kappa shape index (κ3) is 1.74. The smallest absolute Gasteiger partial charge is 0.151 e. The molecule has 2 heteroatoms. The minimum absolute atomic E-state index is 0.888. The largest absolute Gasteiger partial charge is 0.453 e. The van der Waals surface area contributed by atoms with Crippen molar-refractivity contribution in [3.63, 3.8) is 0 Å². The number of hydrogen-bond acceptors (Lipinski definition) is 2. The van der Waals surface area contributed by atoms with E-state index in [4.69, 9.17) is 4.74 Å². The molecular formula is C20H17NO.